The molecule has 7 nitrogen and oxygen atoms in total. The van der Waals surface area contributed by atoms with E-state index in [1.165, 1.54) is 0 Å². The number of hydrogen-bond donors (Lipinski definition) is 2. The number of ether oxygens (including phenoxy) is 2. The van der Waals surface area contributed by atoms with E-state index in [1.807, 2.05) is 31.2 Å². The molecule has 0 atom stereocenters. The standard InChI is InChI=1S/C19H30N2O5S.ClH/c1-3-25-11-12-26-15-17-6-4-5-16(13-17)14-21-18(22)19(27(2,23)24)7-9-20-10-8-19;/h4-6,13,20H,3,7-12,14-15H2,1-2H3,(H,21,22);1H. The van der Waals surface area contributed by atoms with E-state index in [2.05, 4.69) is 10.6 Å². The summed E-state index contributed by atoms with van der Waals surface area (Å²) < 4.78 is 34.0. The summed E-state index contributed by atoms with van der Waals surface area (Å²) in [5, 5.41) is 5.93. The van der Waals surface area contributed by atoms with E-state index >= 15 is 0 Å². The van der Waals surface area contributed by atoms with E-state index in [-0.39, 0.29) is 19.0 Å². The molecule has 1 heterocycles. The Labute approximate surface area is 173 Å². The Hall–Kier alpha value is -1.19. The zero-order chi connectivity index (χ0) is 19.8. The van der Waals surface area contributed by atoms with Gasteiger partial charge in [-0.15, -0.1) is 12.4 Å². The minimum absolute atomic E-state index is 0. The van der Waals surface area contributed by atoms with Crippen molar-refractivity contribution in [3.05, 3.63) is 35.4 Å². The molecule has 1 saturated heterocycles. The first-order valence-corrected chi connectivity index (χ1v) is 11.2. The van der Waals surface area contributed by atoms with Gasteiger partial charge >= 0.3 is 0 Å². The summed E-state index contributed by atoms with van der Waals surface area (Å²) >= 11 is 0. The molecule has 1 fully saturated rings. The first kappa shape index (κ1) is 24.8. The molecule has 1 amide bonds. The first-order valence-electron chi connectivity index (χ1n) is 9.31. The fourth-order valence-electron chi connectivity index (χ4n) is 3.22. The Morgan fingerprint density at radius 2 is 1.82 bits per heavy atom. The second-order valence-electron chi connectivity index (χ2n) is 6.77. The molecule has 9 heteroatoms. The molecular weight excluding hydrogens is 404 g/mol. The fraction of sp³-hybridized carbons (Fsp3) is 0.632. The van der Waals surface area contributed by atoms with Crippen LogP contribution >= 0.6 is 12.4 Å². The first-order chi connectivity index (χ1) is 12.9. The molecule has 1 aliphatic rings. The van der Waals surface area contributed by atoms with E-state index in [0.717, 1.165) is 17.4 Å². The molecule has 0 saturated carbocycles. The van der Waals surface area contributed by atoms with Crippen LogP contribution in [0.5, 0.6) is 0 Å². The quantitative estimate of drug-likeness (QED) is 0.541. The van der Waals surface area contributed by atoms with Crippen LogP contribution in [0.15, 0.2) is 24.3 Å². The Morgan fingerprint density at radius 3 is 2.46 bits per heavy atom. The summed E-state index contributed by atoms with van der Waals surface area (Å²) in [7, 11) is -3.50. The Morgan fingerprint density at radius 1 is 1.18 bits per heavy atom. The highest BCUT2D eigenvalue weighted by Gasteiger charge is 2.48. The lowest BCUT2D eigenvalue weighted by atomic mass is 9.95. The molecule has 28 heavy (non-hydrogen) atoms. The van der Waals surface area contributed by atoms with Gasteiger partial charge in [-0.05, 0) is 44.0 Å². The van der Waals surface area contributed by atoms with Crippen molar-refractivity contribution in [1.29, 1.82) is 0 Å². The molecule has 0 bridgehead atoms. The lowest BCUT2D eigenvalue weighted by molar-refractivity contribution is -0.124. The summed E-state index contributed by atoms with van der Waals surface area (Å²) in [6, 6.07) is 7.71. The molecular formula is C19H31ClN2O5S. The smallest absolute Gasteiger partial charge is 0.241 e. The Balaban J connectivity index is 0.00000392. The van der Waals surface area contributed by atoms with Crippen molar-refractivity contribution in [2.75, 3.05) is 39.2 Å². The maximum absolute atomic E-state index is 12.7. The maximum Gasteiger partial charge on any atom is 0.241 e. The van der Waals surface area contributed by atoms with Crippen LogP contribution in [0.25, 0.3) is 0 Å². The average Bonchev–Trinajstić information content (AvgIpc) is 2.66. The number of piperidine rings is 1. The second-order valence-corrected chi connectivity index (χ2v) is 9.09. The van der Waals surface area contributed by atoms with Crippen LogP contribution in [0.4, 0.5) is 0 Å². The van der Waals surface area contributed by atoms with Gasteiger partial charge in [0, 0.05) is 19.4 Å². The molecule has 2 rings (SSSR count). The molecule has 0 unspecified atom stereocenters. The van der Waals surface area contributed by atoms with Crippen LogP contribution in [0.2, 0.25) is 0 Å². The molecule has 0 aliphatic carbocycles. The molecule has 1 aliphatic heterocycles. The highest BCUT2D eigenvalue weighted by atomic mass is 35.5. The molecule has 1 aromatic carbocycles. The van der Waals surface area contributed by atoms with Crippen LogP contribution in [0, 0.1) is 0 Å². The predicted molar refractivity (Wildman–Crippen MR) is 111 cm³/mol. The van der Waals surface area contributed by atoms with Crippen molar-refractivity contribution in [2.24, 2.45) is 0 Å². The van der Waals surface area contributed by atoms with E-state index in [9.17, 15) is 13.2 Å². The van der Waals surface area contributed by atoms with Crippen LogP contribution in [-0.4, -0.2) is 58.2 Å². The third kappa shape index (κ3) is 6.70. The highest BCUT2D eigenvalue weighted by Crippen LogP contribution is 2.28. The molecule has 1 aromatic rings. The minimum atomic E-state index is -3.50. The van der Waals surface area contributed by atoms with Crippen molar-refractivity contribution < 1.29 is 22.7 Å². The zero-order valence-corrected chi connectivity index (χ0v) is 18.2. The average molecular weight is 435 g/mol. The van der Waals surface area contributed by atoms with Gasteiger partial charge in [0.05, 0.1) is 19.8 Å². The van der Waals surface area contributed by atoms with Crippen molar-refractivity contribution in [2.45, 2.75) is 37.7 Å². The van der Waals surface area contributed by atoms with Crippen LogP contribution in [0.1, 0.15) is 30.9 Å². The number of sulfone groups is 1. The van der Waals surface area contributed by atoms with Crippen molar-refractivity contribution in [3.63, 3.8) is 0 Å². The van der Waals surface area contributed by atoms with Gasteiger partial charge < -0.3 is 20.1 Å². The van der Waals surface area contributed by atoms with E-state index < -0.39 is 20.5 Å². The number of benzene rings is 1. The maximum atomic E-state index is 12.7. The van der Waals surface area contributed by atoms with E-state index in [0.29, 0.717) is 52.4 Å². The van der Waals surface area contributed by atoms with Gasteiger partial charge in [-0.3, -0.25) is 4.79 Å². The van der Waals surface area contributed by atoms with Gasteiger partial charge in [0.25, 0.3) is 0 Å². The number of nitrogens with one attached hydrogen (secondary N) is 2. The van der Waals surface area contributed by atoms with E-state index in [4.69, 9.17) is 9.47 Å². The number of carbonyl (C=O) groups excluding carboxylic acids is 1. The number of hydrogen-bond acceptors (Lipinski definition) is 6. The topological polar surface area (TPSA) is 93.7 Å². The van der Waals surface area contributed by atoms with Crippen LogP contribution in [-0.2, 0) is 37.3 Å². The summed E-state index contributed by atoms with van der Waals surface area (Å²) in [4.78, 5) is 12.7. The van der Waals surface area contributed by atoms with Crippen molar-refractivity contribution in [3.8, 4) is 0 Å². The van der Waals surface area contributed by atoms with E-state index in [1.54, 1.807) is 0 Å². The molecule has 160 valence electrons. The number of halogens is 1. The van der Waals surface area contributed by atoms with Gasteiger partial charge in [-0.2, -0.15) is 0 Å². The number of carbonyl (C=O) groups is 1. The molecule has 0 radical (unpaired) electrons. The fourth-order valence-corrected chi connectivity index (χ4v) is 4.58. The van der Waals surface area contributed by atoms with Gasteiger partial charge in [0.1, 0.15) is 0 Å². The van der Waals surface area contributed by atoms with Crippen LogP contribution in [0.3, 0.4) is 0 Å². The van der Waals surface area contributed by atoms with Gasteiger partial charge in [0.2, 0.25) is 5.91 Å². The van der Waals surface area contributed by atoms with Crippen molar-refractivity contribution >= 4 is 28.2 Å². The van der Waals surface area contributed by atoms with Gasteiger partial charge in [-0.1, -0.05) is 24.3 Å². The summed E-state index contributed by atoms with van der Waals surface area (Å²) in [5.74, 6) is -0.412. The zero-order valence-electron chi connectivity index (χ0n) is 16.5. The highest BCUT2D eigenvalue weighted by molar-refractivity contribution is 7.92. The van der Waals surface area contributed by atoms with Crippen LogP contribution < -0.4 is 10.6 Å². The lowest BCUT2D eigenvalue weighted by Gasteiger charge is -2.34. The summed E-state index contributed by atoms with van der Waals surface area (Å²) in [5.41, 5.74) is 1.91. The molecule has 2 N–H and O–H groups in total. The lowest BCUT2D eigenvalue weighted by Crippen LogP contribution is -2.57. The molecule has 0 spiro atoms. The van der Waals surface area contributed by atoms with Gasteiger partial charge in [0.15, 0.2) is 14.6 Å². The van der Waals surface area contributed by atoms with Crippen molar-refractivity contribution in [1.82, 2.24) is 10.6 Å². The molecule has 0 aromatic heterocycles. The monoisotopic (exact) mass is 434 g/mol. The predicted octanol–water partition coefficient (Wildman–Crippen LogP) is 1.44. The minimum Gasteiger partial charge on any atom is -0.379 e. The van der Waals surface area contributed by atoms with Gasteiger partial charge in [-0.25, -0.2) is 8.42 Å². The third-order valence-electron chi connectivity index (χ3n) is 4.82. The Bertz CT molecular complexity index is 721. The third-order valence-corrected chi connectivity index (χ3v) is 6.84. The number of rotatable bonds is 10. The second kappa shape index (κ2) is 11.7. The normalized spacial score (nSPS) is 16.2. The SMILES string of the molecule is CCOCCOCc1cccc(CNC(=O)C2(S(C)(=O)=O)CCNCC2)c1.Cl. The summed E-state index contributed by atoms with van der Waals surface area (Å²) in [6.45, 7) is 5.50. The number of amides is 1. The Kier molecular flexibility index (Phi) is 10.4. The summed E-state index contributed by atoms with van der Waals surface area (Å²) in [6.07, 6.45) is 1.74. The largest absolute Gasteiger partial charge is 0.379 e.